The smallest absolute Gasteiger partial charge is 0.255 e. The Hall–Kier alpha value is -2.53. The minimum Gasteiger partial charge on any atom is -0.496 e. The lowest BCUT2D eigenvalue weighted by atomic mass is 10.2. The Labute approximate surface area is 139 Å². The van der Waals surface area contributed by atoms with Gasteiger partial charge in [-0.05, 0) is 30.3 Å². The van der Waals surface area contributed by atoms with Crippen LogP contribution in [0.25, 0.3) is 0 Å². The van der Waals surface area contributed by atoms with Gasteiger partial charge in [-0.25, -0.2) is 0 Å². The largest absolute Gasteiger partial charge is 0.496 e. The summed E-state index contributed by atoms with van der Waals surface area (Å²) in [6, 6.07) is 13.7. The average molecular weight is 333 g/mol. The molecule has 0 atom stereocenters. The Morgan fingerprint density at radius 2 is 1.65 bits per heavy atom. The molecule has 5 nitrogen and oxygen atoms in total. The van der Waals surface area contributed by atoms with E-state index in [9.17, 15) is 9.59 Å². The van der Waals surface area contributed by atoms with Crippen LogP contribution in [-0.4, -0.2) is 32.0 Å². The van der Waals surface area contributed by atoms with Crippen LogP contribution in [0.1, 0.15) is 20.7 Å². The number of rotatable bonds is 6. The summed E-state index contributed by atoms with van der Waals surface area (Å²) in [6.45, 7) is 0.620. The van der Waals surface area contributed by atoms with E-state index >= 15 is 0 Å². The number of hydrogen-bond acceptors (Lipinski definition) is 3. The van der Waals surface area contributed by atoms with Gasteiger partial charge in [-0.1, -0.05) is 29.8 Å². The SMILES string of the molecule is COc1ccc(Cl)cc1C(=O)NCCNC(=O)c1ccccc1. The molecule has 0 aliphatic carbocycles. The van der Waals surface area contributed by atoms with Gasteiger partial charge in [0.2, 0.25) is 0 Å². The Bertz CT molecular complexity index is 689. The number of nitrogens with one attached hydrogen (secondary N) is 2. The van der Waals surface area contributed by atoms with Gasteiger partial charge < -0.3 is 15.4 Å². The maximum absolute atomic E-state index is 12.1. The zero-order valence-corrected chi connectivity index (χ0v) is 13.4. The molecule has 0 unspecified atom stereocenters. The third-order valence-corrected chi connectivity index (χ3v) is 3.37. The molecule has 0 bridgehead atoms. The molecule has 2 aromatic rings. The fourth-order valence-corrected chi connectivity index (χ4v) is 2.17. The molecule has 0 fully saturated rings. The van der Waals surface area contributed by atoms with E-state index in [1.54, 1.807) is 36.4 Å². The first-order chi connectivity index (χ1) is 11.1. The quantitative estimate of drug-likeness (QED) is 0.799. The van der Waals surface area contributed by atoms with Crippen LogP contribution in [0.5, 0.6) is 5.75 Å². The van der Waals surface area contributed by atoms with Gasteiger partial charge in [-0.3, -0.25) is 9.59 Å². The predicted octanol–water partition coefficient (Wildman–Crippen LogP) is 2.51. The van der Waals surface area contributed by atoms with Gasteiger partial charge >= 0.3 is 0 Å². The third-order valence-electron chi connectivity index (χ3n) is 3.14. The molecular weight excluding hydrogens is 316 g/mol. The lowest BCUT2D eigenvalue weighted by Crippen LogP contribution is -2.34. The minimum absolute atomic E-state index is 0.180. The maximum Gasteiger partial charge on any atom is 0.255 e. The van der Waals surface area contributed by atoms with E-state index < -0.39 is 0 Å². The molecule has 0 saturated carbocycles. The van der Waals surface area contributed by atoms with Gasteiger partial charge in [0, 0.05) is 23.7 Å². The van der Waals surface area contributed by atoms with Gasteiger partial charge in [0.25, 0.3) is 11.8 Å². The molecule has 0 radical (unpaired) electrons. The second-order valence-electron chi connectivity index (χ2n) is 4.72. The van der Waals surface area contributed by atoms with Gasteiger partial charge in [-0.15, -0.1) is 0 Å². The molecule has 2 aromatic carbocycles. The van der Waals surface area contributed by atoms with E-state index in [0.29, 0.717) is 35.0 Å². The fraction of sp³-hybridized carbons (Fsp3) is 0.176. The van der Waals surface area contributed by atoms with Gasteiger partial charge in [0.05, 0.1) is 12.7 Å². The number of halogens is 1. The van der Waals surface area contributed by atoms with Crippen LogP contribution in [-0.2, 0) is 0 Å². The molecule has 0 aliphatic rings. The highest BCUT2D eigenvalue weighted by Gasteiger charge is 2.12. The summed E-state index contributed by atoms with van der Waals surface area (Å²) >= 11 is 5.90. The lowest BCUT2D eigenvalue weighted by molar-refractivity contribution is 0.0926. The zero-order valence-electron chi connectivity index (χ0n) is 12.6. The van der Waals surface area contributed by atoms with Crippen LogP contribution >= 0.6 is 11.6 Å². The fourth-order valence-electron chi connectivity index (χ4n) is 2.00. The number of benzene rings is 2. The zero-order chi connectivity index (χ0) is 16.7. The molecular formula is C17H17ClN2O3. The number of amides is 2. The molecule has 6 heteroatoms. The number of carbonyl (C=O) groups excluding carboxylic acids is 2. The Balaban J connectivity index is 1.84. The highest BCUT2D eigenvalue weighted by atomic mass is 35.5. The van der Waals surface area contributed by atoms with E-state index in [0.717, 1.165) is 0 Å². The van der Waals surface area contributed by atoms with Crippen molar-refractivity contribution in [3.05, 3.63) is 64.7 Å². The van der Waals surface area contributed by atoms with Crippen LogP contribution in [0.2, 0.25) is 5.02 Å². The van der Waals surface area contributed by atoms with E-state index in [-0.39, 0.29) is 11.8 Å². The van der Waals surface area contributed by atoms with Crippen molar-refractivity contribution in [2.24, 2.45) is 0 Å². The number of methoxy groups -OCH3 is 1. The van der Waals surface area contributed by atoms with Crippen LogP contribution < -0.4 is 15.4 Å². The summed E-state index contributed by atoms with van der Waals surface area (Å²) in [4.78, 5) is 24.0. The van der Waals surface area contributed by atoms with Crippen molar-refractivity contribution in [1.82, 2.24) is 10.6 Å². The molecule has 120 valence electrons. The Morgan fingerprint density at radius 3 is 2.30 bits per heavy atom. The summed E-state index contributed by atoms with van der Waals surface area (Å²) in [5.74, 6) is -0.0429. The summed E-state index contributed by atoms with van der Waals surface area (Å²) in [7, 11) is 1.49. The molecule has 2 N–H and O–H groups in total. The van der Waals surface area contributed by atoms with Crippen molar-refractivity contribution in [2.45, 2.75) is 0 Å². The first kappa shape index (κ1) is 16.8. The summed E-state index contributed by atoms with van der Waals surface area (Å²) < 4.78 is 5.13. The van der Waals surface area contributed by atoms with Crippen molar-refractivity contribution >= 4 is 23.4 Å². The highest BCUT2D eigenvalue weighted by Crippen LogP contribution is 2.22. The second kappa shape index (κ2) is 8.19. The number of carbonyl (C=O) groups is 2. The molecule has 0 saturated heterocycles. The van der Waals surface area contributed by atoms with Gasteiger partial charge in [0.1, 0.15) is 5.75 Å². The molecule has 0 spiro atoms. The Morgan fingerprint density at radius 1 is 1.00 bits per heavy atom. The first-order valence-corrected chi connectivity index (χ1v) is 7.44. The predicted molar refractivity (Wildman–Crippen MR) is 89.1 cm³/mol. The first-order valence-electron chi connectivity index (χ1n) is 7.07. The molecule has 2 rings (SSSR count). The summed E-state index contributed by atoms with van der Waals surface area (Å²) in [5.41, 5.74) is 0.935. The summed E-state index contributed by atoms with van der Waals surface area (Å²) in [5, 5.41) is 5.90. The monoisotopic (exact) mass is 332 g/mol. The van der Waals surface area contributed by atoms with Crippen molar-refractivity contribution in [3.8, 4) is 5.75 Å². The average Bonchev–Trinajstić information content (AvgIpc) is 2.59. The van der Waals surface area contributed by atoms with Crippen LogP contribution in [0, 0.1) is 0 Å². The maximum atomic E-state index is 12.1. The normalized spacial score (nSPS) is 10.0. The van der Waals surface area contributed by atoms with Crippen LogP contribution in [0.3, 0.4) is 0 Å². The van der Waals surface area contributed by atoms with E-state index in [1.807, 2.05) is 6.07 Å². The highest BCUT2D eigenvalue weighted by molar-refractivity contribution is 6.31. The topological polar surface area (TPSA) is 67.4 Å². The molecule has 2 amide bonds. The molecule has 0 heterocycles. The minimum atomic E-state index is -0.307. The van der Waals surface area contributed by atoms with Crippen molar-refractivity contribution in [2.75, 3.05) is 20.2 Å². The lowest BCUT2D eigenvalue weighted by Gasteiger charge is -2.10. The molecule has 0 aliphatic heterocycles. The number of hydrogen-bond donors (Lipinski definition) is 2. The number of ether oxygens (including phenoxy) is 1. The standard InChI is InChI=1S/C17H17ClN2O3/c1-23-15-8-7-13(18)11-14(15)17(22)20-10-9-19-16(21)12-5-3-2-4-6-12/h2-8,11H,9-10H2,1H3,(H,19,21)(H,20,22). The van der Waals surface area contributed by atoms with E-state index in [4.69, 9.17) is 16.3 Å². The van der Waals surface area contributed by atoms with E-state index in [1.165, 1.54) is 13.2 Å². The van der Waals surface area contributed by atoms with Gasteiger partial charge in [0.15, 0.2) is 0 Å². The van der Waals surface area contributed by atoms with Crippen molar-refractivity contribution in [3.63, 3.8) is 0 Å². The van der Waals surface area contributed by atoms with Crippen LogP contribution in [0.15, 0.2) is 48.5 Å². The van der Waals surface area contributed by atoms with E-state index in [2.05, 4.69) is 10.6 Å². The van der Waals surface area contributed by atoms with Crippen molar-refractivity contribution in [1.29, 1.82) is 0 Å². The van der Waals surface area contributed by atoms with Crippen LogP contribution in [0.4, 0.5) is 0 Å². The second-order valence-corrected chi connectivity index (χ2v) is 5.16. The van der Waals surface area contributed by atoms with Crippen molar-refractivity contribution < 1.29 is 14.3 Å². The third kappa shape index (κ3) is 4.72. The van der Waals surface area contributed by atoms with Gasteiger partial charge in [-0.2, -0.15) is 0 Å². The Kier molecular flexibility index (Phi) is 6.00. The molecule has 23 heavy (non-hydrogen) atoms. The summed E-state index contributed by atoms with van der Waals surface area (Å²) in [6.07, 6.45) is 0. The molecule has 0 aromatic heterocycles.